The number of piperidine rings is 1. The maximum Gasteiger partial charge on any atom is 0.312 e. The molecule has 0 aromatic heterocycles. The molecule has 4 N–H and O–H groups in total. The Balaban J connectivity index is 1.87. The van der Waals surface area contributed by atoms with Crippen molar-refractivity contribution in [3.8, 4) is 5.75 Å². The van der Waals surface area contributed by atoms with Crippen LogP contribution in [-0.2, 0) is 11.2 Å². The molecule has 0 spiro atoms. The Morgan fingerprint density at radius 1 is 1.38 bits per heavy atom. The Hall–Kier alpha value is -2.24. The number of likely N-dealkylation sites (tertiary alicyclic amines) is 1. The number of hydrogen-bond acceptors (Lipinski definition) is 3. The van der Waals surface area contributed by atoms with Crippen molar-refractivity contribution in [1.29, 1.82) is 0 Å². The minimum atomic E-state index is -0.519. The largest absolute Gasteiger partial charge is 0.508 e. The lowest BCUT2D eigenvalue weighted by molar-refractivity contribution is -0.131. The van der Waals surface area contributed by atoms with E-state index in [1.165, 1.54) is 0 Å². The predicted molar refractivity (Wildman–Crippen MR) is 78.9 cm³/mol. The molecule has 1 fully saturated rings. The van der Waals surface area contributed by atoms with Crippen LogP contribution in [0.1, 0.15) is 24.0 Å². The van der Waals surface area contributed by atoms with Gasteiger partial charge < -0.3 is 21.1 Å². The predicted octanol–water partition coefficient (Wildman–Crippen LogP) is 0.902. The standard InChI is InChI=1S/C15H21N3O3/c1-10-2-3-11(8-13(10)19)9-14(20)18-6-4-12(5-7-18)17-15(16)21/h2-3,8,12,19H,4-7,9H2,1H3,(H3,16,17,21). The molecule has 1 saturated heterocycles. The van der Waals surface area contributed by atoms with Crippen molar-refractivity contribution in [2.24, 2.45) is 5.73 Å². The van der Waals surface area contributed by atoms with Gasteiger partial charge in [0.25, 0.3) is 0 Å². The number of hydrogen-bond donors (Lipinski definition) is 3. The molecule has 114 valence electrons. The molecule has 1 aliphatic rings. The Morgan fingerprint density at radius 3 is 2.62 bits per heavy atom. The Labute approximate surface area is 123 Å². The highest BCUT2D eigenvalue weighted by molar-refractivity contribution is 5.79. The highest BCUT2D eigenvalue weighted by Gasteiger charge is 2.23. The van der Waals surface area contributed by atoms with Crippen molar-refractivity contribution in [1.82, 2.24) is 10.2 Å². The van der Waals surface area contributed by atoms with Gasteiger partial charge in [-0.05, 0) is 37.0 Å². The van der Waals surface area contributed by atoms with Crippen LogP contribution in [0.25, 0.3) is 0 Å². The lowest BCUT2D eigenvalue weighted by Crippen LogP contribution is -2.48. The summed E-state index contributed by atoms with van der Waals surface area (Å²) in [7, 11) is 0. The first-order valence-electron chi connectivity index (χ1n) is 7.08. The maximum atomic E-state index is 12.2. The van der Waals surface area contributed by atoms with Crippen LogP contribution in [0.4, 0.5) is 4.79 Å². The first kappa shape index (κ1) is 15.2. The summed E-state index contributed by atoms with van der Waals surface area (Å²) in [5, 5.41) is 12.3. The van der Waals surface area contributed by atoms with Crippen molar-refractivity contribution in [2.45, 2.75) is 32.2 Å². The Bertz CT molecular complexity index is 537. The average molecular weight is 291 g/mol. The van der Waals surface area contributed by atoms with Gasteiger partial charge in [0.15, 0.2) is 0 Å². The number of carbonyl (C=O) groups excluding carboxylic acids is 2. The first-order chi connectivity index (χ1) is 9.95. The molecule has 2 rings (SSSR count). The molecule has 0 radical (unpaired) electrons. The molecule has 0 atom stereocenters. The second-order valence-corrected chi connectivity index (χ2v) is 5.46. The number of urea groups is 1. The van der Waals surface area contributed by atoms with Gasteiger partial charge in [-0.15, -0.1) is 0 Å². The summed E-state index contributed by atoms with van der Waals surface area (Å²) in [4.78, 5) is 24.8. The normalized spacial score (nSPS) is 15.8. The third-order valence-electron chi connectivity index (χ3n) is 3.82. The number of primary amides is 1. The molecule has 1 heterocycles. The molecular formula is C15H21N3O3. The van der Waals surface area contributed by atoms with Crippen LogP contribution in [-0.4, -0.2) is 41.1 Å². The zero-order valence-corrected chi connectivity index (χ0v) is 12.1. The number of nitrogens with zero attached hydrogens (tertiary/aromatic N) is 1. The van der Waals surface area contributed by atoms with Gasteiger partial charge in [-0.25, -0.2) is 4.79 Å². The number of amides is 3. The minimum Gasteiger partial charge on any atom is -0.508 e. The number of phenolic OH excluding ortho intramolecular Hbond substituents is 1. The van der Waals surface area contributed by atoms with Crippen LogP contribution in [0.2, 0.25) is 0 Å². The molecule has 0 saturated carbocycles. The van der Waals surface area contributed by atoms with E-state index in [9.17, 15) is 14.7 Å². The summed E-state index contributed by atoms with van der Waals surface area (Å²) in [6, 6.07) is 4.83. The molecule has 21 heavy (non-hydrogen) atoms. The van der Waals surface area contributed by atoms with Gasteiger partial charge in [-0.3, -0.25) is 4.79 Å². The Kier molecular flexibility index (Phi) is 4.67. The number of carbonyl (C=O) groups is 2. The van der Waals surface area contributed by atoms with Gasteiger partial charge in [0.05, 0.1) is 6.42 Å². The van der Waals surface area contributed by atoms with E-state index in [0.29, 0.717) is 25.9 Å². The van der Waals surface area contributed by atoms with Gasteiger partial charge in [-0.2, -0.15) is 0 Å². The van der Waals surface area contributed by atoms with Gasteiger partial charge >= 0.3 is 6.03 Å². The van der Waals surface area contributed by atoms with Gasteiger partial charge in [-0.1, -0.05) is 12.1 Å². The van der Waals surface area contributed by atoms with E-state index >= 15 is 0 Å². The van der Waals surface area contributed by atoms with E-state index < -0.39 is 6.03 Å². The first-order valence-corrected chi connectivity index (χ1v) is 7.08. The number of benzene rings is 1. The second-order valence-electron chi connectivity index (χ2n) is 5.46. The van der Waals surface area contributed by atoms with Crippen LogP contribution in [0.15, 0.2) is 18.2 Å². The van der Waals surface area contributed by atoms with Crippen molar-refractivity contribution in [3.63, 3.8) is 0 Å². The summed E-state index contributed by atoms with van der Waals surface area (Å²) in [5.74, 6) is 0.250. The van der Waals surface area contributed by atoms with Crippen molar-refractivity contribution >= 4 is 11.9 Å². The average Bonchev–Trinajstić information content (AvgIpc) is 2.43. The fourth-order valence-corrected chi connectivity index (χ4v) is 2.53. The van der Waals surface area contributed by atoms with E-state index in [1.54, 1.807) is 17.0 Å². The highest BCUT2D eigenvalue weighted by atomic mass is 16.3. The summed E-state index contributed by atoms with van der Waals surface area (Å²) < 4.78 is 0. The lowest BCUT2D eigenvalue weighted by atomic mass is 10.0. The molecule has 1 aromatic carbocycles. The van der Waals surface area contributed by atoms with E-state index in [0.717, 1.165) is 11.1 Å². The summed E-state index contributed by atoms with van der Waals surface area (Å²) in [5.41, 5.74) is 6.69. The monoisotopic (exact) mass is 291 g/mol. The smallest absolute Gasteiger partial charge is 0.312 e. The molecule has 6 heteroatoms. The number of aryl methyl sites for hydroxylation is 1. The molecule has 1 aliphatic heterocycles. The fourth-order valence-electron chi connectivity index (χ4n) is 2.53. The lowest BCUT2D eigenvalue weighted by Gasteiger charge is -2.32. The third kappa shape index (κ3) is 4.11. The fraction of sp³-hybridized carbons (Fsp3) is 0.467. The van der Waals surface area contributed by atoms with Crippen molar-refractivity contribution < 1.29 is 14.7 Å². The second kappa shape index (κ2) is 6.47. The van der Waals surface area contributed by atoms with Gasteiger partial charge in [0.2, 0.25) is 5.91 Å². The van der Waals surface area contributed by atoms with E-state index in [2.05, 4.69) is 5.32 Å². The summed E-state index contributed by atoms with van der Waals surface area (Å²) >= 11 is 0. The quantitative estimate of drug-likeness (QED) is 0.772. The topological polar surface area (TPSA) is 95.7 Å². The van der Waals surface area contributed by atoms with E-state index in [4.69, 9.17) is 5.73 Å². The van der Waals surface area contributed by atoms with E-state index in [-0.39, 0.29) is 24.1 Å². The molecule has 6 nitrogen and oxygen atoms in total. The number of phenols is 1. The zero-order chi connectivity index (χ0) is 15.4. The molecule has 1 aromatic rings. The number of rotatable bonds is 3. The molecular weight excluding hydrogens is 270 g/mol. The van der Waals surface area contributed by atoms with Crippen LogP contribution < -0.4 is 11.1 Å². The van der Waals surface area contributed by atoms with Crippen molar-refractivity contribution in [2.75, 3.05) is 13.1 Å². The number of nitrogens with two attached hydrogens (primary N) is 1. The number of nitrogens with one attached hydrogen (secondary N) is 1. The van der Waals surface area contributed by atoms with Gasteiger partial charge in [0.1, 0.15) is 5.75 Å². The van der Waals surface area contributed by atoms with E-state index in [1.807, 2.05) is 13.0 Å². The molecule has 0 bridgehead atoms. The zero-order valence-electron chi connectivity index (χ0n) is 12.1. The van der Waals surface area contributed by atoms with Crippen LogP contribution >= 0.6 is 0 Å². The molecule has 3 amide bonds. The van der Waals surface area contributed by atoms with Crippen LogP contribution in [0.5, 0.6) is 5.75 Å². The Morgan fingerprint density at radius 2 is 2.05 bits per heavy atom. The third-order valence-corrected chi connectivity index (χ3v) is 3.82. The van der Waals surface area contributed by atoms with Gasteiger partial charge in [0, 0.05) is 19.1 Å². The summed E-state index contributed by atoms with van der Waals surface area (Å²) in [6.45, 7) is 3.04. The van der Waals surface area contributed by atoms with Crippen LogP contribution in [0.3, 0.4) is 0 Å². The number of aromatic hydroxyl groups is 1. The van der Waals surface area contributed by atoms with Crippen molar-refractivity contribution in [3.05, 3.63) is 29.3 Å². The molecule has 0 aliphatic carbocycles. The highest BCUT2D eigenvalue weighted by Crippen LogP contribution is 2.19. The summed E-state index contributed by atoms with van der Waals surface area (Å²) in [6.07, 6.45) is 1.71. The minimum absolute atomic E-state index is 0.0378. The SMILES string of the molecule is Cc1ccc(CC(=O)N2CCC(NC(N)=O)CC2)cc1O. The maximum absolute atomic E-state index is 12.2. The van der Waals surface area contributed by atoms with Crippen LogP contribution in [0, 0.1) is 6.92 Å². The molecule has 0 unspecified atom stereocenters.